The third kappa shape index (κ3) is 4.35. The number of amides is 1. The highest BCUT2D eigenvalue weighted by Gasteiger charge is 2.20. The van der Waals surface area contributed by atoms with Crippen molar-refractivity contribution in [2.24, 2.45) is 0 Å². The van der Waals surface area contributed by atoms with Crippen molar-refractivity contribution in [2.45, 2.75) is 6.04 Å². The van der Waals surface area contributed by atoms with Crippen molar-refractivity contribution >= 4 is 16.7 Å². The average molecular weight is 360 g/mol. The molecule has 4 heteroatoms. The predicted octanol–water partition coefficient (Wildman–Crippen LogP) is 3.64. The summed E-state index contributed by atoms with van der Waals surface area (Å²) in [5, 5.41) is 5.46. The summed E-state index contributed by atoms with van der Waals surface area (Å²) < 4.78 is 5.45. The number of rotatable bonds is 5. The first-order valence-corrected chi connectivity index (χ1v) is 9.44. The van der Waals surface area contributed by atoms with Crippen LogP contribution in [0.1, 0.15) is 22.0 Å². The zero-order valence-electron chi connectivity index (χ0n) is 15.3. The second-order valence-corrected chi connectivity index (χ2v) is 6.91. The Kier molecular flexibility index (Phi) is 5.47. The second-order valence-electron chi connectivity index (χ2n) is 6.91. The van der Waals surface area contributed by atoms with E-state index in [0.29, 0.717) is 5.56 Å². The number of ether oxygens (including phenoxy) is 1. The molecule has 3 aromatic carbocycles. The largest absolute Gasteiger partial charge is 0.379 e. The summed E-state index contributed by atoms with van der Waals surface area (Å²) in [4.78, 5) is 15.3. The van der Waals surface area contributed by atoms with Crippen molar-refractivity contribution in [2.75, 3.05) is 32.8 Å². The molecule has 1 atom stereocenters. The van der Waals surface area contributed by atoms with E-state index in [0.717, 1.165) is 49.2 Å². The minimum absolute atomic E-state index is 0.0390. The first-order chi connectivity index (χ1) is 13.3. The topological polar surface area (TPSA) is 41.6 Å². The van der Waals surface area contributed by atoms with Gasteiger partial charge in [-0.1, -0.05) is 60.7 Å². The Hall–Kier alpha value is -2.69. The number of nitrogens with zero attached hydrogens (tertiary/aromatic N) is 1. The SMILES string of the molecule is O=C(N[C@H](CN1CCOCC1)c1ccccc1)c1ccc2ccccc2c1. The van der Waals surface area contributed by atoms with Gasteiger partial charge in [0.15, 0.2) is 0 Å². The lowest BCUT2D eigenvalue weighted by Crippen LogP contribution is -2.43. The molecule has 0 aromatic heterocycles. The van der Waals surface area contributed by atoms with Crippen LogP contribution in [-0.2, 0) is 4.74 Å². The van der Waals surface area contributed by atoms with Crippen LogP contribution in [0, 0.1) is 0 Å². The fourth-order valence-electron chi connectivity index (χ4n) is 3.53. The number of hydrogen-bond acceptors (Lipinski definition) is 3. The smallest absolute Gasteiger partial charge is 0.251 e. The number of morpholine rings is 1. The van der Waals surface area contributed by atoms with E-state index >= 15 is 0 Å². The molecule has 0 unspecified atom stereocenters. The maximum atomic E-state index is 13.0. The van der Waals surface area contributed by atoms with Gasteiger partial charge in [-0.3, -0.25) is 9.69 Å². The highest BCUT2D eigenvalue weighted by molar-refractivity contribution is 5.98. The van der Waals surface area contributed by atoms with E-state index in [2.05, 4.69) is 28.4 Å². The normalized spacial score (nSPS) is 16.1. The molecule has 4 rings (SSSR count). The number of carbonyl (C=O) groups is 1. The summed E-state index contributed by atoms with van der Waals surface area (Å²) in [5.41, 5.74) is 1.81. The fraction of sp³-hybridized carbons (Fsp3) is 0.261. The second kappa shape index (κ2) is 8.33. The molecule has 0 saturated carbocycles. The van der Waals surface area contributed by atoms with Crippen LogP contribution in [-0.4, -0.2) is 43.7 Å². The average Bonchev–Trinajstić information content (AvgIpc) is 2.74. The van der Waals surface area contributed by atoms with E-state index in [1.54, 1.807) is 0 Å². The molecule has 1 saturated heterocycles. The molecule has 1 heterocycles. The third-order valence-corrected chi connectivity index (χ3v) is 5.06. The van der Waals surface area contributed by atoms with Crippen molar-refractivity contribution in [3.8, 4) is 0 Å². The number of carbonyl (C=O) groups excluding carboxylic acids is 1. The highest BCUT2D eigenvalue weighted by atomic mass is 16.5. The Balaban J connectivity index is 1.54. The van der Waals surface area contributed by atoms with E-state index in [4.69, 9.17) is 4.74 Å². The molecular formula is C23H24N2O2. The Morgan fingerprint density at radius 2 is 1.63 bits per heavy atom. The summed E-state index contributed by atoms with van der Waals surface area (Å²) in [6.45, 7) is 4.08. The van der Waals surface area contributed by atoms with Crippen LogP contribution in [0.15, 0.2) is 72.8 Å². The maximum Gasteiger partial charge on any atom is 0.251 e. The van der Waals surface area contributed by atoms with Crippen molar-refractivity contribution in [1.29, 1.82) is 0 Å². The standard InChI is InChI=1S/C23H24N2O2/c26-23(21-11-10-18-6-4-5-9-20(18)16-21)24-22(19-7-2-1-3-8-19)17-25-12-14-27-15-13-25/h1-11,16,22H,12-15,17H2,(H,24,26)/t22-/m1/s1. The molecule has 1 aliphatic rings. The number of fused-ring (bicyclic) bond motifs is 1. The fourth-order valence-corrected chi connectivity index (χ4v) is 3.53. The molecule has 4 nitrogen and oxygen atoms in total. The van der Waals surface area contributed by atoms with Crippen LogP contribution in [0.2, 0.25) is 0 Å². The lowest BCUT2D eigenvalue weighted by Gasteiger charge is -2.31. The van der Waals surface area contributed by atoms with E-state index < -0.39 is 0 Å². The summed E-state index contributed by atoms with van der Waals surface area (Å²) in [6, 6.07) is 24.1. The minimum Gasteiger partial charge on any atom is -0.379 e. The molecule has 1 amide bonds. The van der Waals surface area contributed by atoms with Crippen molar-refractivity contribution in [3.05, 3.63) is 83.9 Å². The van der Waals surface area contributed by atoms with Gasteiger partial charge in [-0.05, 0) is 28.5 Å². The Bertz CT molecular complexity index is 904. The highest BCUT2D eigenvalue weighted by Crippen LogP contribution is 2.19. The quantitative estimate of drug-likeness (QED) is 0.755. The summed E-state index contributed by atoms with van der Waals surface area (Å²) >= 11 is 0. The zero-order valence-corrected chi connectivity index (χ0v) is 15.3. The molecule has 138 valence electrons. The van der Waals surface area contributed by atoms with Gasteiger partial charge in [0.2, 0.25) is 0 Å². The van der Waals surface area contributed by atoms with Crippen LogP contribution in [0.4, 0.5) is 0 Å². The lowest BCUT2D eigenvalue weighted by atomic mass is 10.0. The van der Waals surface area contributed by atoms with Crippen LogP contribution in [0.3, 0.4) is 0 Å². The monoisotopic (exact) mass is 360 g/mol. The van der Waals surface area contributed by atoms with E-state index in [1.807, 2.05) is 54.6 Å². The van der Waals surface area contributed by atoms with Crippen LogP contribution < -0.4 is 5.32 Å². The Labute approximate surface area is 159 Å². The zero-order chi connectivity index (χ0) is 18.5. The number of hydrogen-bond donors (Lipinski definition) is 1. The lowest BCUT2D eigenvalue weighted by molar-refractivity contribution is 0.0332. The van der Waals surface area contributed by atoms with Gasteiger partial charge < -0.3 is 10.1 Å². The maximum absolute atomic E-state index is 13.0. The molecule has 1 aliphatic heterocycles. The van der Waals surface area contributed by atoms with Crippen molar-refractivity contribution in [3.63, 3.8) is 0 Å². The van der Waals surface area contributed by atoms with Crippen LogP contribution >= 0.6 is 0 Å². The number of nitrogens with one attached hydrogen (secondary N) is 1. The van der Waals surface area contributed by atoms with E-state index in [9.17, 15) is 4.79 Å². The van der Waals surface area contributed by atoms with E-state index in [-0.39, 0.29) is 11.9 Å². The summed E-state index contributed by atoms with van der Waals surface area (Å²) in [5.74, 6) is -0.0390. The first kappa shape index (κ1) is 17.7. The number of benzene rings is 3. The van der Waals surface area contributed by atoms with Crippen molar-refractivity contribution < 1.29 is 9.53 Å². The minimum atomic E-state index is -0.0525. The molecule has 0 bridgehead atoms. The van der Waals surface area contributed by atoms with Crippen LogP contribution in [0.25, 0.3) is 10.8 Å². The molecule has 27 heavy (non-hydrogen) atoms. The Morgan fingerprint density at radius 3 is 2.41 bits per heavy atom. The van der Waals surface area contributed by atoms with Gasteiger partial charge in [-0.15, -0.1) is 0 Å². The molecule has 1 N–H and O–H groups in total. The van der Waals surface area contributed by atoms with Crippen LogP contribution in [0.5, 0.6) is 0 Å². The van der Waals surface area contributed by atoms with E-state index in [1.165, 1.54) is 0 Å². The molecule has 0 aliphatic carbocycles. The predicted molar refractivity (Wildman–Crippen MR) is 108 cm³/mol. The molecule has 0 spiro atoms. The van der Waals surface area contributed by atoms with Gasteiger partial charge in [0.1, 0.15) is 0 Å². The van der Waals surface area contributed by atoms with Gasteiger partial charge in [0.05, 0.1) is 19.3 Å². The van der Waals surface area contributed by atoms with Gasteiger partial charge in [-0.2, -0.15) is 0 Å². The Morgan fingerprint density at radius 1 is 0.926 bits per heavy atom. The summed E-state index contributed by atoms with van der Waals surface area (Å²) in [6.07, 6.45) is 0. The molecule has 0 radical (unpaired) electrons. The van der Waals surface area contributed by atoms with Gasteiger partial charge >= 0.3 is 0 Å². The van der Waals surface area contributed by atoms with Gasteiger partial charge in [0, 0.05) is 25.2 Å². The third-order valence-electron chi connectivity index (χ3n) is 5.06. The van der Waals surface area contributed by atoms with Gasteiger partial charge in [0.25, 0.3) is 5.91 Å². The van der Waals surface area contributed by atoms with Gasteiger partial charge in [-0.25, -0.2) is 0 Å². The molecule has 1 fully saturated rings. The van der Waals surface area contributed by atoms with Crippen molar-refractivity contribution in [1.82, 2.24) is 10.2 Å². The molecular weight excluding hydrogens is 336 g/mol. The summed E-state index contributed by atoms with van der Waals surface area (Å²) in [7, 11) is 0. The molecule has 3 aromatic rings. The first-order valence-electron chi connectivity index (χ1n) is 9.44.